The third kappa shape index (κ3) is 5.56. The minimum atomic E-state index is -3.48. The van der Waals surface area contributed by atoms with Gasteiger partial charge in [0.1, 0.15) is 12.4 Å². The molecule has 2 unspecified atom stereocenters. The molecule has 0 saturated carbocycles. The van der Waals surface area contributed by atoms with Gasteiger partial charge in [-0.3, -0.25) is 0 Å². The summed E-state index contributed by atoms with van der Waals surface area (Å²) >= 11 is 0. The first-order valence-electron chi connectivity index (χ1n) is 8.66. The Bertz CT molecular complexity index is 627. The van der Waals surface area contributed by atoms with E-state index >= 15 is 0 Å². The summed E-state index contributed by atoms with van der Waals surface area (Å²) < 4.78 is 38.7. The molecule has 0 aromatic heterocycles. The molecule has 142 valence electrons. The summed E-state index contributed by atoms with van der Waals surface area (Å²) in [7, 11) is -3.48. The summed E-state index contributed by atoms with van der Waals surface area (Å²) in [5, 5.41) is 3.52. The fourth-order valence-electron chi connectivity index (χ4n) is 3.52. The average Bonchev–Trinajstić information content (AvgIpc) is 2.90. The summed E-state index contributed by atoms with van der Waals surface area (Å²) in [6.45, 7) is 3.57. The topological polar surface area (TPSA) is 76.7 Å². The first-order chi connectivity index (χ1) is 11.6. The Labute approximate surface area is 156 Å². The molecule has 2 atom stereocenters. The molecule has 2 aliphatic rings. The van der Waals surface area contributed by atoms with Gasteiger partial charge in [0.2, 0.25) is 10.0 Å². The Kier molecular flexibility index (Phi) is 7.51. The molecule has 2 saturated heterocycles. The lowest BCUT2D eigenvalue weighted by Gasteiger charge is -2.29. The SMILES string of the molecule is CCOCCOc1ccc(S(=O)(=O)NC2CC3CCC(C2)N3)cc1.Cl. The van der Waals surface area contributed by atoms with Crippen LogP contribution in [0.5, 0.6) is 5.75 Å². The van der Waals surface area contributed by atoms with E-state index in [2.05, 4.69) is 10.0 Å². The standard InChI is InChI=1S/C17H26N2O4S.ClH/c1-2-22-9-10-23-16-5-7-17(8-6-16)24(20,21)19-15-11-13-3-4-14(12-15)18-13;/h5-8,13-15,18-19H,2-4,9-12H2,1H3;1H. The third-order valence-corrected chi connectivity index (χ3v) is 6.17. The molecule has 0 spiro atoms. The highest BCUT2D eigenvalue weighted by molar-refractivity contribution is 7.89. The van der Waals surface area contributed by atoms with Gasteiger partial charge in [-0.05, 0) is 56.9 Å². The van der Waals surface area contributed by atoms with Crippen molar-refractivity contribution in [3.8, 4) is 5.75 Å². The average molecular weight is 391 g/mol. The largest absolute Gasteiger partial charge is 0.491 e. The van der Waals surface area contributed by atoms with Crippen molar-refractivity contribution in [2.75, 3.05) is 19.8 Å². The van der Waals surface area contributed by atoms with E-state index in [0.717, 1.165) is 25.7 Å². The van der Waals surface area contributed by atoms with Gasteiger partial charge in [-0.2, -0.15) is 0 Å². The minimum Gasteiger partial charge on any atom is -0.491 e. The van der Waals surface area contributed by atoms with E-state index in [0.29, 0.717) is 37.7 Å². The molecule has 1 aromatic carbocycles. The van der Waals surface area contributed by atoms with Gasteiger partial charge in [-0.15, -0.1) is 12.4 Å². The van der Waals surface area contributed by atoms with Crippen molar-refractivity contribution in [2.24, 2.45) is 0 Å². The quantitative estimate of drug-likeness (QED) is 0.664. The number of nitrogens with one attached hydrogen (secondary N) is 2. The molecule has 0 aliphatic carbocycles. The lowest BCUT2D eigenvalue weighted by molar-refractivity contribution is 0.110. The Hall–Kier alpha value is -0.860. The smallest absolute Gasteiger partial charge is 0.240 e. The Balaban J connectivity index is 0.00000225. The van der Waals surface area contributed by atoms with Crippen LogP contribution in [0.25, 0.3) is 0 Å². The maximum absolute atomic E-state index is 12.6. The van der Waals surface area contributed by atoms with E-state index in [1.54, 1.807) is 24.3 Å². The van der Waals surface area contributed by atoms with Gasteiger partial charge < -0.3 is 14.8 Å². The summed E-state index contributed by atoms with van der Waals surface area (Å²) in [4.78, 5) is 0.283. The van der Waals surface area contributed by atoms with Crippen LogP contribution in [0.1, 0.15) is 32.6 Å². The number of ether oxygens (including phenoxy) is 2. The summed E-state index contributed by atoms with van der Waals surface area (Å²) in [5.41, 5.74) is 0. The Morgan fingerprint density at radius 2 is 1.76 bits per heavy atom. The highest BCUT2D eigenvalue weighted by atomic mass is 35.5. The van der Waals surface area contributed by atoms with Crippen LogP contribution in [0, 0.1) is 0 Å². The van der Waals surface area contributed by atoms with Crippen molar-refractivity contribution in [2.45, 2.75) is 55.6 Å². The zero-order chi connectivity index (χ0) is 17.0. The van der Waals surface area contributed by atoms with Gasteiger partial charge >= 0.3 is 0 Å². The molecule has 2 aliphatic heterocycles. The summed E-state index contributed by atoms with van der Waals surface area (Å²) in [5.74, 6) is 0.647. The van der Waals surface area contributed by atoms with Gasteiger partial charge in [-0.25, -0.2) is 13.1 Å². The number of halogens is 1. The lowest BCUT2D eigenvalue weighted by Crippen LogP contribution is -2.47. The van der Waals surface area contributed by atoms with Crippen LogP contribution >= 0.6 is 12.4 Å². The van der Waals surface area contributed by atoms with Crippen molar-refractivity contribution in [1.29, 1.82) is 0 Å². The first kappa shape index (κ1) is 20.5. The molecule has 2 N–H and O–H groups in total. The van der Waals surface area contributed by atoms with Gasteiger partial charge in [0.25, 0.3) is 0 Å². The van der Waals surface area contributed by atoms with E-state index in [4.69, 9.17) is 9.47 Å². The number of piperidine rings is 1. The van der Waals surface area contributed by atoms with Crippen LogP contribution < -0.4 is 14.8 Å². The molecular weight excluding hydrogens is 364 g/mol. The van der Waals surface area contributed by atoms with Crippen molar-refractivity contribution in [3.63, 3.8) is 0 Å². The number of rotatable bonds is 8. The first-order valence-corrected chi connectivity index (χ1v) is 10.1. The van der Waals surface area contributed by atoms with Crippen molar-refractivity contribution < 1.29 is 17.9 Å². The molecule has 2 fully saturated rings. The maximum atomic E-state index is 12.6. The molecule has 2 bridgehead atoms. The van der Waals surface area contributed by atoms with Gasteiger partial charge in [-0.1, -0.05) is 0 Å². The second-order valence-electron chi connectivity index (χ2n) is 6.44. The molecule has 25 heavy (non-hydrogen) atoms. The molecule has 0 amide bonds. The molecule has 8 heteroatoms. The predicted molar refractivity (Wildman–Crippen MR) is 99.0 cm³/mol. The summed E-state index contributed by atoms with van der Waals surface area (Å²) in [6.07, 6.45) is 4.04. The number of hydrogen-bond donors (Lipinski definition) is 2. The maximum Gasteiger partial charge on any atom is 0.240 e. The van der Waals surface area contributed by atoms with Gasteiger partial charge in [0, 0.05) is 24.7 Å². The second-order valence-corrected chi connectivity index (χ2v) is 8.16. The van der Waals surface area contributed by atoms with E-state index in [-0.39, 0.29) is 23.3 Å². The fraction of sp³-hybridized carbons (Fsp3) is 0.647. The van der Waals surface area contributed by atoms with Crippen LogP contribution in [0.3, 0.4) is 0 Å². The minimum absolute atomic E-state index is 0. The fourth-order valence-corrected chi connectivity index (χ4v) is 4.78. The normalized spacial score (nSPS) is 25.4. The molecule has 2 heterocycles. The van der Waals surface area contributed by atoms with Crippen LogP contribution in [-0.4, -0.2) is 46.4 Å². The van der Waals surface area contributed by atoms with E-state index < -0.39 is 10.0 Å². The zero-order valence-electron chi connectivity index (χ0n) is 14.4. The Morgan fingerprint density at radius 1 is 1.12 bits per heavy atom. The van der Waals surface area contributed by atoms with E-state index in [1.807, 2.05) is 6.92 Å². The van der Waals surface area contributed by atoms with Crippen LogP contribution in [0.15, 0.2) is 29.2 Å². The van der Waals surface area contributed by atoms with Crippen molar-refractivity contribution in [1.82, 2.24) is 10.0 Å². The predicted octanol–water partition coefficient (Wildman–Crippen LogP) is 2.09. The van der Waals surface area contributed by atoms with Crippen molar-refractivity contribution >= 4 is 22.4 Å². The third-order valence-electron chi connectivity index (χ3n) is 4.63. The van der Waals surface area contributed by atoms with Crippen LogP contribution in [0.4, 0.5) is 0 Å². The molecule has 6 nitrogen and oxygen atoms in total. The molecule has 0 radical (unpaired) electrons. The second kappa shape index (κ2) is 9.19. The van der Waals surface area contributed by atoms with E-state index in [1.165, 1.54) is 0 Å². The van der Waals surface area contributed by atoms with Crippen LogP contribution in [0.2, 0.25) is 0 Å². The lowest BCUT2D eigenvalue weighted by atomic mass is 10.0. The monoisotopic (exact) mass is 390 g/mol. The summed E-state index contributed by atoms with van der Waals surface area (Å²) in [6, 6.07) is 7.49. The molecule has 3 rings (SSSR count). The Morgan fingerprint density at radius 3 is 2.36 bits per heavy atom. The number of sulfonamides is 1. The van der Waals surface area contributed by atoms with Crippen LogP contribution in [-0.2, 0) is 14.8 Å². The number of fused-ring (bicyclic) bond motifs is 2. The van der Waals surface area contributed by atoms with Crippen molar-refractivity contribution in [3.05, 3.63) is 24.3 Å². The highest BCUT2D eigenvalue weighted by Gasteiger charge is 2.35. The zero-order valence-corrected chi connectivity index (χ0v) is 16.1. The van der Waals surface area contributed by atoms with Gasteiger partial charge in [0.05, 0.1) is 11.5 Å². The molecule has 1 aromatic rings. The molecular formula is C17H27ClN2O4S. The highest BCUT2D eigenvalue weighted by Crippen LogP contribution is 2.28. The van der Waals surface area contributed by atoms with E-state index in [9.17, 15) is 8.42 Å². The number of hydrogen-bond acceptors (Lipinski definition) is 5. The number of benzene rings is 1. The van der Waals surface area contributed by atoms with Gasteiger partial charge in [0.15, 0.2) is 0 Å².